The van der Waals surface area contributed by atoms with Gasteiger partial charge < -0.3 is 28.6 Å². The molecule has 1 N–H and O–H groups in total. The Bertz CT molecular complexity index is 1310. The predicted octanol–water partition coefficient (Wildman–Crippen LogP) is 3.75. The molecule has 2 aromatic carbocycles. The summed E-state index contributed by atoms with van der Waals surface area (Å²) in [4.78, 5) is 30.8. The number of carbonyl (C=O) groups is 2. The van der Waals surface area contributed by atoms with E-state index in [-0.39, 0.29) is 11.3 Å². The first-order valence-corrected chi connectivity index (χ1v) is 12.4. The molecule has 0 aliphatic carbocycles. The molecule has 1 amide bonds. The third-order valence-corrected chi connectivity index (χ3v) is 6.76. The number of para-hydroxylation sites is 1. The highest BCUT2D eigenvalue weighted by Crippen LogP contribution is 2.42. The largest absolute Gasteiger partial charge is 0.503 e. The second-order valence-corrected chi connectivity index (χ2v) is 8.94. The molecule has 37 heavy (non-hydrogen) atoms. The molecule has 2 aliphatic rings. The zero-order valence-electron chi connectivity index (χ0n) is 20.9. The quantitative estimate of drug-likeness (QED) is 0.438. The summed E-state index contributed by atoms with van der Waals surface area (Å²) in [7, 11) is 1.53. The summed E-state index contributed by atoms with van der Waals surface area (Å²) in [5, 5.41) is 11.8. The number of fused-ring (bicyclic) bond motifs is 1. The number of Topliss-reactive ketones (excluding diaryl/α,β-unsaturated/α-hetero) is 1. The summed E-state index contributed by atoms with van der Waals surface area (Å²) in [6, 6.07) is 13.4. The molecule has 0 radical (unpaired) electrons. The number of ether oxygens (including phenoxy) is 3. The van der Waals surface area contributed by atoms with Crippen LogP contribution in [0.15, 0.2) is 64.3 Å². The standard InChI is InChI=1S/C28H30N2O7/c1-3-36-21-9-8-19(17-22(21)34-2)25-24(26(31)23-16-18-6-4-5-7-20(18)37-23)27(32)28(33)30(25)11-10-29-12-14-35-15-13-29/h4-9,16-17,25,32H,3,10-15H2,1-2H3/t25-/m0/s1. The number of aliphatic hydroxyl groups excluding tert-OH is 1. The lowest BCUT2D eigenvalue weighted by Crippen LogP contribution is -2.43. The summed E-state index contributed by atoms with van der Waals surface area (Å²) in [6.45, 7) is 6.02. The summed E-state index contributed by atoms with van der Waals surface area (Å²) in [5.41, 5.74) is 1.16. The topological polar surface area (TPSA) is 102 Å². The van der Waals surface area contributed by atoms with Crippen molar-refractivity contribution < 1.29 is 33.3 Å². The van der Waals surface area contributed by atoms with E-state index >= 15 is 0 Å². The first-order chi connectivity index (χ1) is 18.0. The van der Waals surface area contributed by atoms with Crippen LogP contribution in [0.5, 0.6) is 11.5 Å². The highest BCUT2D eigenvalue weighted by atomic mass is 16.5. The highest BCUT2D eigenvalue weighted by Gasteiger charge is 2.44. The van der Waals surface area contributed by atoms with Crippen LogP contribution in [0.1, 0.15) is 29.1 Å². The van der Waals surface area contributed by atoms with Crippen LogP contribution in [0.2, 0.25) is 0 Å². The van der Waals surface area contributed by atoms with Crippen molar-refractivity contribution in [2.45, 2.75) is 13.0 Å². The van der Waals surface area contributed by atoms with Crippen molar-refractivity contribution in [3.05, 3.63) is 71.2 Å². The maximum absolute atomic E-state index is 13.8. The van der Waals surface area contributed by atoms with Gasteiger partial charge in [-0.15, -0.1) is 0 Å². The van der Waals surface area contributed by atoms with Gasteiger partial charge in [0, 0.05) is 31.6 Å². The number of methoxy groups -OCH3 is 1. The molecule has 1 saturated heterocycles. The zero-order chi connectivity index (χ0) is 25.9. The van der Waals surface area contributed by atoms with Crippen LogP contribution in [0.3, 0.4) is 0 Å². The average Bonchev–Trinajstić information content (AvgIpc) is 3.47. The molecule has 1 aromatic heterocycles. The molecule has 0 unspecified atom stereocenters. The number of carbonyl (C=O) groups excluding carboxylic acids is 2. The number of ketones is 1. The van der Waals surface area contributed by atoms with Gasteiger partial charge in [-0.05, 0) is 36.8 Å². The first-order valence-electron chi connectivity index (χ1n) is 12.4. The monoisotopic (exact) mass is 506 g/mol. The van der Waals surface area contributed by atoms with Crippen LogP contribution in [-0.4, -0.2) is 79.7 Å². The molecular weight excluding hydrogens is 476 g/mol. The Morgan fingerprint density at radius 1 is 1.08 bits per heavy atom. The molecule has 3 heterocycles. The van der Waals surface area contributed by atoms with Crippen molar-refractivity contribution in [1.29, 1.82) is 0 Å². The number of rotatable bonds is 9. The minimum atomic E-state index is -0.821. The fraction of sp³-hybridized carbons (Fsp3) is 0.357. The zero-order valence-corrected chi connectivity index (χ0v) is 20.9. The van der Waals surface area contributed by atoms with Gasteiger partial charge in [-0.25, -0.2) is 0 Å². The van der Waals surface area contributed by atoms with Crippen molar-refractivity contribution >= 4 is 22.7 Å². The second kappa shape index (κ2) is 10.7. The van der Waals surface area contributed by atoms with Crippen molar-refractivity contribution in [1.82, 2.24) is 9.80 Å². The minimum absolute atomic E-state index is 0.0164. The lowest BCUT2D eigenvalue weighted by molar-refractivity contribution is -0.129. The third-order valence-electron chi connectivity index (χ3n) is 6.76. The van der Waals surface area contributed by atoms with E-state index in [1.807, 2.05) is 25.1 Å². The van der Waals surface area contributed by atoms with Gasteiger partial charge in [-0.2, -0.15) is 0 Å². The number of amides is 1. The average molecular weight is 507 g/mol. The number of furan rings is 1. The van der Waals surface area contributed by atoms with E-state index < -0.39 is 23.5 Å². The van der Waals surface area contributed by atoms with Gasteiger partial charge in [-0.1, -0.05) is 24.3 Å². The fourth-order valence-electron chi connectivity index (χ4n) is 4.89. The molecule has 9 heteroatoms. The molecule has 2 aliphatic heterocycles. The molecule has 5 rings (SSSR count). The van der Waals surface area contributed by atoms with Gasteiger partial charge in [0.15, 0.2) is 23.0 Å². The third kappa shape index (κ3) is 4.80. The van der Waals surface area contributed by atoms with E-state index in [2.05, 4.69) is 4.90 Å². The Morgan fingerprint density at radius 2 is 1.86 bits per heavy atom. The van der Waals surface area contributed by atoms with Crippen LogP contribution in [0.25, 0.3) is 11.0 Å². The summed E-state index contributed by atoms with van der Waals surface area (Å²) in [6.07, 6.45) is 0. The van der Waals surface area contributed by atoms with Gasteiger partial charge in [0.05, 0.1) is 38.5 Å². The Morgan fingerprint density at radius 3 is 2.59 bits per heavy atom. The molecular formula is C28H30N2O7. The van der Waals surface area contributed by atoms with Gasteiger partial charge in [0.1, 0.15) is 5.58 Å². The van der Waals surface area contributed by atoms with Crippen molar-refractivity contribution in [2.24, 2.45) is 0 Å². The SMILES string of the molecule is CCOc1ccc([C@H]2C(C(=O)c3cc4ccccc4o3)=C(O)C(=O)N2CCN2CCOCC2)cc1OC. The second-order valence-electron chi connectivity index (χ2n) is 8.94. The van der Waals surface area contributed by atoms with Crippen molar-refractivity contribution in [3.8, 4) is 11.5 Å². The first kappa shape index (κ1) is 24.9. The van der Waals surface area contributed by atoms with E-state index in [0.29, 0.717) is 55.6 Å². The summed E-state index contributed by atoms with van der Waals surface area (Å²) in [5.74, 6) is -0.601. The van der Waals surface area contributed by atoms with Gasteiger partial charge in [0.25, 0.3) is 5.91 Å². The van der Waals surface area contributed by atoms with Crippen LogP contribution >= 0.6 is 0 Å². The van der Waals surface area contributed by atoms with E-state index in [4.69, 9.17) is 18.6 Å². The normalized spacial score (nSPS) is 18.6. The van der Waals surface area contributed by atoms with Gasteiger partial charge >= 0.3 is 0 Å². The van der Waals surface area contributed by atoms with E-state index in [0.717, 1.165) is 18.5 Å². The predicted molar refractivity (Wildman–Crippen MR) is 136 cm³/mol. The summed E-state index contributed by atoms with van der Waals surface area (Å²) < 4.78 is 22.4. The molecule has 3 aromatic rings. The van der Waals surface area contributed by atoms with Crippen LogP contribution in [0, 0.1) is 0 Å². The van der Waals surface area contributed by atoms with Gasteiger partial charge in [-0.3, -0.25) is 14.5 Å². The fourth-order valence-corrected chi connectivity index (χ4v) is 4.89. The number of hydrogen-bond donors (Lipinski definition) is 1. The molecule has 0 saturated carbocycles. The molecule has 0 spiro atoms. The summed E-state index contributed by atoms with van der Waals surface area (Å²) >= 11 is 0. The number of morpholine rings is 1. The van der Waals surface area contributed by atoms with Crippen molar-refractivity contribution in [3.63, 3.8) is 0 Å². The molecule has 1 fully saturated rings. The minimum Gasteiger partial charge on any atom is -0.503 e. The lowest BCUT2D eigenvalue weighted by atomic mass is 9.94. The van der Waals surface area contributed by atoms with Crippen molar-refractivity contribution in [2.75, 3.05) is 53.1 Å². The number of nitrogens with zero attached hydrogens (tertiary/aromatic N) is 2. The number of benzene rings is 2. The number of hydrogen-bond acceptors (Lipinski definition) is 8. The Labute approximate surface area is 214 Å². The van der Waals surface area contributed by atoms with Crippen LogP contribution in [-0.2, 0) is 9.53 Å². The van der Waals surface area contributed by atoms with Crippen LogP contribution in [0.4, 0.5) is 0 Å². The highest BCUT2D eigenvalue weighted by molar-refractivity contribution is 6.16. The molecule has 194 valence electrons. The Balaban J connectivity index is 1.53. The lowest BCUT2D eigenvalue weighted by Gasteiger charge is -2.31. The Hall–Kier alpha value is -3.82. The smallest absolute Gasteiger partial charge is 0.290 e. The maximum Gasteiger partial charge on any atom is 0.290 e. The molecule has 9 nitrogen and oxygen atoms in total. The molecule has 1 atom stereocenters. The van der Waals surface area contributed by atoms with E-state index in [9.17, 15) is 14.7 Å². The van der Waals surface area contributed by atoms with E-state index in [1.165, 1.54) is 12.0 Å². The Kier molecular flexibility index (Phi) is 7.16. The molecule has 0 bridgehead atoms. The van der Waals surface area contributed by atoms with Gasteiger partial charge in [0.2, 0.25) is 5.78 Å². The number of aliphatic hydroxyl groups is 1. The van der Waals surface area contributed by atoms with Crippen LogP contribution < -0.4 is 9.47 Å². The maximum atomic E-state index is 13.8. The van der Waals surface area contributed by atoms with E-state index in [1.54, 1.807) is 30.3 Å².